The number of benzene rings is 2. The van der Waals surface area contributed by atoms with Gasteiger partial charge in [0.1, 0.15) is 11.6 Å². The first-order valence-corrected chi connectivity index (χ1v) is 14.0. The maximum atomic E-state index is 14.8. The van der Waals surface area contributed by atoms with Gasteiger partial charge in [0.05, 0.1) is 35.5 Å². The topological polar surface area (TPSA) is 93.6 Å². The zero-order valence-electron chi connectivity index (χ0n) is 23.4. The van der Waals surface area contributed by atoms with Crippen molar-refractivity contribution >= 4 is 22.6 Å². The van der Waals surface area contributed by atoms with Gasteiger partial charge in [0, 0.05) is 29.8 Å². The lowest BCUT2D eigenvalue weighted by Gasteiger charge is -2.38. The van der Waals surface area contributed by atoms with Gasteiger partial charge >= 0.3 is 0 Å². The predicted octanol–water partition coefficient (Wildman–Crippen LogP) is 6.58. The van der Waals surface area contributed by atoms with Gasteiger partial charge < -0.3 is 23.8 Å². The smallest absolute Gasteiger partial charge is 0.227 e. The van der Waals surface area contributed by atoms with Gasteiger partial charge in [0.15, 0.2) is 11.6 Å². The number of nitrogens with zero attached hydrogens (tertiary/aromatic N) is 4. The Hall–Kier alpha value is -3.72. The molecule has 1 saturated heterocycles. The number of carbonyl (C=O) groups is 1. The minimum Gasteiger partial charge on any atom is -0.494 e. The average Bonchev–Trinajstić information content (AvgIpc) is 3.47. The van der Waals surface area contributed by atoms with Crippen LogP contribution in [0.15, 0.2) is 40.9 Å². The number of methoxy groups -OCH3 is 1. The summed E-state index contributed by atoms with van der Waals surface area (Å²) in [6.07, 6.45) is 4.81. The molecule has 0 spiro atoms. The van der Waals surface area contributed by atoms with Crippen LogP contribution >= 0.6 is 0 Å². The van der Waals surface area contributed by atoms with Crippen LogP contribution in [0.1, 0.15) is 81.2 Å². The summed E-state index contributed by atoms with van der Waals surface area (Å²) in [4.78, 5) is 20.3. The van der Waals surface area contributed by atoms with Crippen molar-refractivity contribution in [3.63, 3.8) is 0 Å². The molecule has 1 amide bonds. The second-order valence-electron chi connectivity index (χ2n) is 11.5. The van der Waals surface area contributed by atoms with Crippen molar-refractivity contribution in [3.8, 4) is 16.9 Å². The zero-order valence-corrected chi connectivity index (χ0v) is 23.4. The molecule has 2 aliphatic rings. The molecule has 2 fully saturated rings. The van der Waals surface area contributed by atoms with Crippen molar-refractivity contribution in [1.82, 2.24) is 14.7 Å². The number of aliphatic hydroxyl groups is 1. The van der Waals surface area contributed by atoms with Gasteiger partial charge in [-0.25, -0.2) is 9.37 Å². The molecule has 2 aromatic carbocycles. The van der Waals surface area contributed by atoms with Gasteiger partial charge in [-0.15, -0.1) is 0 Å². The first kappa shape index (κ1) is 26.5. The van der Waals surface area contributed by atoms with E-state index in [2.05, 4.69) is 27.9 Å². The number of aryl methyl sites for hydroxylation is 2. The second-order valence-corrected chi connectivity index (χ2v) is 11.5. The molecular formula is C31H35FN4O4. The molecular weight excluding hydrogens is 511 g/mol. The van der Waals surface area contributed by atoms with Crippen LogP contribution in [0.2, 0.25) is 0 Å². The van der Waals surface area contributed by atoms with E-state index in [1.165, 1.54) is 13.2 Å². The number of fused-ring (bicyclic) bond motifs is 1. The van der Waals surface area contributed by atoms with Crippen LogP contribution in [0, 0.1) is 19.7 Å². The van der Waals surface area contributed by atoms with Crippen LogP contribution in [0.3, 0.4) is 0 Å². The molecule has 1 N–H and O–H groups in total. The molecule has 9 heteroatoms. The molecule has 0 unspecified atom stereocenters. The standard InChI is InChI=1S/C31H35FN4O4/c1-18-29(19(2)40-34-18)20-8-10-25-24(16-20)33-30(36(25)21-12-14-31(3,38)15-13-21)26-6-5-7-28(37)35(26)22-9-11-27(39-4)23(32)17-22/h8-11,16-17,21,26,38H,5-7,12-15H2,1-4H3/t21-,26-,31-/m0/s1. The number of halogens is 1. The molecule has 1 aliphatic heterocycles. The molecule has 6 rings (SSSR count). The van der Waals surface area contributed by atoms with Gasteiger partial charge in [-0.1, -0.05) is 11.2 Å². The van der Waals surface area contributed by atoms with Gasteiger partial charge in [-0.3, -0.25) is 4.79 Å². The Bertz CT molecular complexity index is 1560. The minimum atomic E-state index is -0.684. The Kier molecular flexibility index (Phi) is 6.65. The highest BCUT2D eigenvalue weighted by molar-refractivity contribution is 5.95. The lowest BCUT2D eigenvalue weighted by molar-refractivity contribution is -0.120. The summed E-state index contributed by atoms with van der Waals surface area (Å²) in [6.45, 7) is 5.72. The second kappa shape index (κ2) is 10.0. The van der Waals surface area contributed by atoms with E-state index in [0.29, 0.717) is 31.4 Å². The summed E-state index contributed by atoms with van der Waals surface area (Å²) in [6, 6.07) is 10.6. The van der Waals surface area contributed by atoms with Crippen LogP contribution < -0.4 is 9.64 Å². The number of piperidine rings is 1. The van der Waals surface area contributed by atoms with E-state index in [0.717, 1.165) is 58.7 Å². The van der Waals surface area contributed by atoms with E-state index in [-0.39, 0.29) is 23.7 Å². The molecule has 40 heavy (non-hydrogen) atoms. The highest BCUT2D eigenvalue weighted by atomic mass is 19.1. The third-order valence-electron chi connectivity index (χ3n) is 8.60. The third-order valence-corrected chi connectivity index (χ3v) is 8.60. The molecule has 1 atom stereocenters. The maximum absolute atomic E-state index is 14.8. The van der Waals surface area contributed by atoms with Gasteiger partial charge in [-0.2, -0.15) is 0 Å². The van der Waals surface area contributed by atoms with Crippen molar-refractivity contribution < 1.29 is 23.6 Å². The van der Waals surface area contributed by atoms with E-state index >= 15 is 0 Å². The molecule has 3 heterocycles. The molecule has 8 nitrogen and oxygen atoms in total. The van der Waals surface area contributed by atoms with E-state index in [1.807, 2.05) is 20.8 Å². The molecule has 0 bridgehead atoms. The highest BCUT2D eigenvalue weighted by Gasteiger charge is 2.38. The highest BCUT2D eigenvalue weighted by Crippen LogP contribution is 2.43. The fraction of sp³-hybridized carbons (Fsp3) is 0.452. The summed E-state index contributed by atoms with van der Waals surface area (Å²) in [5.41, 5.74) is 4.36. The summed E-state index contributed by atoms with van der Waals surface area (Å²) >= 11 is 0. The Labute approximate surface area is 232 Å². The number of amides is 1. The van der Waals surface area contributed by atoms with Crippen molar-refractivity contribution in [3.05, 3.63) is 59.5 Å². The molecule has 210 valence electrons. The Morgan fingerprint density at radius 1 is 1.12 bits per heavy atom. The van der Waals surface area contributed by atoms with Crippen LogP contribution in [0.25, 0.3) is 22.2 Å². The van der Waals surface area contributed by atoms with Crippen LogP contribution in [-0.4, -0.2) is 38.4 Å². The number of ether oxygens (including phenoxy) is 1. The summed E-state index contributed by atoms with van der Waals surface area (Å²) in [5.74, 6) is 1.11. The Balaban J connectivity index is 1.50. The largest absolute Gasteiger partial charge is 0.494 e. The van der Waals surface area contributed by atoms with Gasteiger partial charge in [-0.05, 0) is 89.1 Å². The van der Waals surface area contributed by atoms with Crippen LogP contribution in [-0.2, 0) is 4.79 Å². The van der Waals surface area contributed by atoms with E-state index in [9.17, 15) is 14.3 Å². The number of rotatable bonds is 5. The van der Waals surface area contributed by atoms with E-state index in [1.54, 1.807) is 17.0 Å². The predicted molar refractivity (Wildman–Crippen MR) is 150 cm³/mol. The number of anilines is 1. The number of carbonyl (C=O) groups excluding carboxylic acids is 1. The molecule has 1 saturated carbocycles. The fourth-order valence-corrected chi connectivity index (χ4v) is 6.51. The SMILES string of the molecule is COc1ccc(N2C(=O)CCC[C@H]2c2nc3cc(-c4c(C)noc4C)ccc3n2[C@H]2CC[C@](C)(O)CC2)cc1F. The third kappa shape index (κ3) is 4.56. The lowest BCUT2D eigenvalue weighted by Crippen LogP contribution is -2.40. The molecule has 4 aromatic rings. The first-order valence-electron chi connectivity index (χ1n) is 14.0. The van der Waals surface area contributed by atoms with Crippen molar-refractivity contribution in [1.29, 1.82) is 0 Å². The normalized spacial score (nSPS) is 23.6. The number of imidazole rings is 1. The van der Waals surface area contributed by atoms with Crippen LogP contribution in [0.4, 0.5) is 10.1 Å². The Morgan fingerprint density at radius 3 is 2.58 bits per heavy atom. The molecule has 0 radical (unpaired) electrons. The fourth-order valence-electron chi connectivity index (χ4n) is 6.51. The quantitative estimate of drug-likeness (QED) is 0.304. The van der Waals surface area contributed by atoms with Gasteiger partial charge in [0.2, 0.25) is 5.91 Å². The maximum Gasteiger partial charge on any atom is 0.227 e. The number of hydrogen-bond acceptors (Lipinski definition) is 6. The summed E-state index contributed by atoms with van der Waals surface area (Å²) < 4.78 is 27.6. The summed E-state index contributed by atoms with van der Waals surface area (Å²) in [5, 5.41) is 14.8. The van der Waals surface area contributed by atoms with E-state index < -0.39 is 11.4 Å². The van der Waals surface area contributed by atoms with Crippen molar-refractivity contribution in [2.24, 2.45) is 0 Å². The average molecular weight is 547 g/mol. The van der Waals surface area contributed by atoms with E-state index in [4.69, 9.17) is 14.2 Å². The number of aromatic nitrogens is 3. The molecule has 2 aromatic heterocycles. The Morgan fingerprint density at radius 2 is 1.90 bits per heavy atom. The first-order chi connectivity index (χ1) is 19.2. The van der Waals surface area contributed by atoms with Crippen molar-refractivity contribution in [2.45, 2.75) is 83.4 Å². The van der Waals surface area contributed by atoms with Crippen LogP contribution in [0.5, 0.6) is 5.75 Å². The lowest BCUT2D eigenvalue weighted by atomic mass is 9.83. The molecule has 1 aliphatic carbocycles. The monoisotopic (exact) mass is 546 g/mol. The summed E-state index contributed by atoms with van der Waals surface area (Å²) in [7, 11) is 1.42. The van der Waals surface area contributed by atoms with Gasteiger partial charge in [0.25, 0.3) is 0 Å². The minimum absolute atomic E-state index is 0.0533. The zero-order chi connectivity index (χ0) is 28.2. The van der Waals surface area contributed by atoms with Crippen molar-refractivity contribution in [2.75, 3.05) is 12.0 Å². The number of hydrogen-bond donors (Lipinski definition) is 1.